The average Bonchev–Trinajstić information content (AvgIpc) is 3.14. The fourth-order valence-electron chi connectivity index (χ4n) is 2.88. The van der Waals surface area contributed by atoms with E-state index >= 15 is 0 Å². The summed E-state index contributed by atoms with van der Waals surface area (Å²) < 4.78 is 29.6. The molecule has 0 amide bonds. The van der Waals surface area contributed by atoms with Crippen LogP contribution in [0.25, 0.3) is 11.0 Å². The first-order chi connectivity index (χ1) is 13.2. The zero-order valence-corrected chi connectivity index (χ0v) is 15.8. The number of H-pyrrole nitrogens is 1. The van der Waals surface area contributed by atoms with Gasteiger partial charge in [-0.1, -0.05) is 12.1 Å². The number of nitrogens with zero attached hydrogens (tertiary/aromatic N) is 2. The molecule has 0 aliphatic carbocycles. The first-order valence-electron chi connectivity index (χ1n) is 8.84. The van der Waals surface area contributed by atoms with Crippen LogP contribution >= 0.6 is 0 Å². The van der Waals surface area contributed by atoms with E-state index in [9.17, 15) is 4.55 Å². The molecule has 3 heterocycles. The second-order valence-corrected chi connectivity index (χ2v) is 7.63. The van der Waals surface area contributed by atoms with Crippen LogP contribution in [0, 0.1) is 6.92 Å². The molecule has 1 aliphatic heterocycles. The number of benzene rings is 1. The van der Waals surface area contributed by atoms with Gasteiger partial charge in [-0.05, 0) is 31.5 Å². The number of nitrogens with one attached hydrogen (secondary N) is 1. The first-order valence-corrected chi connectivity index (χ1v) is 10.2. The number of rotatable bonds is 6. The number of fused-ring (bicyclic) bond motifs is 1. The summed E-state index contributed by atoms with van der Waals surface area (Å²) in [6.45, 7) is 3.60. The molecule has 0 spiro atoms. The number of aromatic amines is 1. The second kappa shape index (κ2) is 10.1. The summed E-state index contributed by atoms with van der Waals surface area (Å²) in [5.74, 6) is 0.957. The Balaban J connectivity index is 0.00000225. The van der Waals surface area contributed by atoms with Gasteiger partial charge >= 0.3 is 34.7 Å². The topological polar surface area (TPSA) is 92.3 Å². The van der Waals surface area contributed by atoms with Crippen molar-refractivity contribution >= 4 is 51.8 Å². The van der Waals surface area contributed by atoms with Gasteiger partial charge < -0.3 is 18.8 Å². The van der Waals surface area contributed by atoms with Gasteiger partial charge in [0.2, 0.25) is 0 Å². The third-order valence-corrected chi connectivity index (χ3v) is 5.54. The van der Waals surface area contributed by atoms with Crippen LogP contribution in [0.2, 0.25) is 0 Å². The molecule has 0 saturated carbocycles. The molecule has 1 N–H and O–H groups in total. The van der Waals surface area contributed by atoms with Crippen LogP contribution in [0.3, 0.4) is 0 Å². The Hall–Kier alpha value is -1.13. The summed E-state index contributed by atoms with van der Waals surface area (Å²) in [5.41, 5.74) is 3.25. The molecule has 1 unspecified atom stereocenters. The summed E-state index contributed by atoms with van der Waals surface area (Å²) >= 11 is -1.33. The molecular formula is C19H22N3NaO4S. The van der Waals surface area contributed by atoms with Crippen LogP contribution < -0.4 is 4.74 Å². The molecule has 28 heavy (non-hydrogen) atoms. The molecule has 1 aliphatic rings. The quantitative estimate of drug-likeness (QED) is 0.493. The van der Waals surface area contributed by atoms with E-state index in [1.165, 1.54) is 0 Å². The molecule has 7 nitrogen and oxygen atoms in total. The molecule has 0 radical (unpaired) electrons. The van der Waals surface area contributed by atoms with Crippen LogP contribution in [0.4, 0.5) is 0 Å². The van der Waals surface area contributed by atoms with Gasteiger partial charge in [0.25, 0.3) is 0 Å². The van der Waals surface area contributed by atoms with Gasteiger partial charge in [-0.3, -0.25) is 9.97 Å². The third-order valence-electron chi connectivity index (χ3n) is 4.38. The molecule has 144 valence electrons. The maximum absolute atomic E-state index is 12.7. The van der Waals surface area contributed by atoms with Gasteiger partial charge in [-0.2, -0.15) is 4.98 Å². The number of para-hydroxylation sites is 2. The van der Waals surface area contributed by atoms with E-state index in [0.717, 1.165) is 28.7 Å². The van der Waals surface area contributed by atoms with E-state index in [1.807, 2.05) is 31.2 Å². The predicted molar refractivity (Wildman–Crippen MR) is 108 cm³/mol. The number of aromatic nitrogens is 3. The molecule has 9 heteroatoms. The zero-order chi connectivity index (χ0) is 18.6. The Morgan fingerprint density at radius 1 is 1.25 bits per heavy atom. The fourth-order valence-corrected chi connectivity index (χ4v) is 3.98. The third kappa shape index (κ3) is 5.07. The van der Waals surface area contributed by atoms with Gasteiger partial charge in [0, 0.05) is 22.9 Å². The standard InChI is InChI=1S/C19H21N3O4S.Na.H/c1-13-16(12-27(23)19-21-14-5-2-3-6-15(14)22-19)20-8-7-17(13)26-11-18-24-9-4-10-25-18;;/h2-3,5-8,18H,4,9-12H2,1H3,(H,21,22);;. The number of imidazole rings is 1. The molecule has 1 fully saturated rings. The first kappa shape index (κ1) is 21.6. The van der Waals surface area contributed by atoms with Crippen molar-refractivity contribution in [3.05, 3.63) is 47.8 Å². The van der Waals surface area contributed by atoms with Crippen LogP contribution in [-0.4, -0.2) is 75.2 Å². The zero-order valence-electron chi connectivity index (χ0n) is 15.0. The SMILES string of the molecule is Cc1c(OCC2OCCCO2)ccnc1C[S+]([O-])c1nc2ccccc2[nH]1.[NaH]. The molecule has 4 rings (SSSR count). The van der Waals surface area contributed by atoms with Crippen molar-refractivity contribution in [2.45, 2.75) is 30.5 Å². The Morgan fingerprint density at radius 3 is 2.82 bits per heavy atom. The van der Waals surface area contributed by atoms with Crippen molar-refractivity contribution in [3.8, 4) is 5.75 Å². The Labute approximate surface area is 188 Å². The van der Waals surface area contributed by atoms with E-state index in [2.05, 4.69) is 15.0 Å². The number of pyridine rings is 1. The maximum atomic E-state index is 12.7. The number of hydrogen-bond donors (Lipinski definition) is 1. The molecule has 0 bridgehead atoms. The van der Waals surface area contributed by atoms with Crippen LogP contribution in [0.5, 0.6) is 5.75 Å². The van der Waals surface area contributed by atoms with Crippen molar-refractivity contribution in [2.24, 2.45) is 0 Å². The Morgan fingerprint density at radius 2 is 2.04 bits per heavy atom. The normalized spacial score (nSPS) is 15.9. The summed E-state index contributed by atoms with van der Waals surface area (Å²) in [4.78, 5) is 11.9. The summed E-state index contributed by atoms with van der Waals surface area (Å²) in [6, 6.07) is 9.42. The average molecular weight is 411 g/mol. The molecule has 2 aromatic heterocycles. The van der Waals surface area contributed by atoms with Crippen molar-refractivity contribution < 1.29 is 18.8 Å². The minimum absolute atomic E-state index is 0. The minimum atomic E-state index is -1.33. The Bertz CT molecular complexity index is 884. The van der Waals surface area contributed by atoms with Crippen molar-refractivity contribution in [2.75, 3.05) is 19.8 Å². The predicted octanol–water partition coefficient (Wildman–Crippen LogP) is 2.07. The van der Waals surface area contributed by atoms with E-state index < -0.39 is 11.2 Å². The van der Waals surface area contributed by atoms with E-state index in [-0.39, 0.29) is 41.6 Å². The van der Waals surface area contributed by atoms with E-state index in [1.54, 1.807) is 12.3 Å². The summed E-state index contributed by atoms with van der Waals surface area (Å²) in [7, 11) is 0. The van der Waals surface area contributed by atoms with E-state index in [0.29, 0.717) is 30.7 Å². The van der Waals surface area contributed by atoms with Crippen LogP contribution in [0.15, 0.2) is 41.7 Å². The second-order valence-electron chi connectivity index (χ2n) is 6.27. The van der Waals surface area contributed by atoms with Gasteiger partial charge in [0.1, 0.15) is 12.4 Å². The van der Waals surface area contributed by atoms with Gasteiger partial charge in [-0.25, -0.2) is 0 Å². The molecule has 1 aromatic carbocycles. The van der Waals surface area contributed by atoms with Gasteiger partial charge in [0.15, 0.2) is 12.0 Å². The molecular weight excluding hydrogens is 389 g/mol. The van der Waals surface area contributed by atoms with Gasteiger partial charge in [0.05, 0.1) is 29.9 Å². The van der Waals surface area contributed by atoms with Crippen molar-refractivity contribution in [3.63, 3.8) is 0 Å². The van der Waals surface area contributed by atoms with Crippen molar-refractivity contribution in [1.82, 2.24) is 15.0 Å². The monoisotopic (exact) mass is 411 g/mol. The Kier molecular flexibility index (Phi) is 7.76. The van der Waals surface area contributed by atoms with E-state index in [4.69, 9.17) is 14.2 Å². The molecule has 1 saturated heterocycles. The summed E-state index contributed by atoms with van der Waals surface area (Å²) in [6.07, 6.45) is 2.22. The number of hydrogen-bond acceptors (Lipinski definition) is 6. The molecule has 3 aromatic rings. The molecule has 1 atom stereocenters. The number of ether oxygens (including phenoxy) is 3. The summed E-state index contributed by atoms with van der Waals surface area (Å²) in [5, 5.41) is 0.452. The van der Waals surface area contributed by atoms with Crippen molar-refractivity contribution in [1.29, 1.82) is 0 Å². The van der Waals surface area contributed by atoms with Crippen LogP contribution in [-0.2, 0) is 26.4 Å². The fraction of sp³-hybridized carbons (Fsp3) is 0.368. The van der Waals surface area contributed by atoms with Gasteiger partial charge in [-0.15, -0.1) is 0 Å². The van der Waals surface area contributed by atoms with Crippen LogP contribution in [0.1, 0.15) is 17.7 Å².